The summed E-state index contributed by atoms with van der Waals surface area (Å²) in [4.78, 5) is 37.1. The van der Waals surface area contributed by atoms with Crippen LogP contribution < -0.4 is 16.0 Å². The zero-order valence-electron chi connectivity index (χ0n) is 19.4. The summed E-state index contributed by atoms with van der Waals surface area (Å²) in [6.07, 6.45) is 2.56. The molecule has 2 unspecified atom stereocenters. The van der Waals surface area contributed by atoms with Gasteiger partial charge in [-0.3, -0.25) is 9.59 Å². The Balaban J connectivity index is 5.28. The number of amides is 2. The van der Waals surface area contributed by atoms with Gasteiger partial charge in [0.2, 0.25) is 11.8 Å². The van der Waals surface area contributed by atoms with E-state index in [2.05, 4.69) is 29.8 Å². The molecule has 0 aliphatic rings. The van der Waals surface area contributed by atoms with Crippen LogP contribution in [0.15, 0.2) is 0 Å². The van der Waals surface area contributed by atoms with Crippen molar-refractivity contribution in [1.29, 1.82) is 0 Å². The summed E-state index contributed by atoms with van der Waals surface area (Å²) in [5.74, 6) is 0.401. The van der Waals surface area contributed by atoms with Gasteiger partial charge in [0.05, 0.1) is 12.1 Å². The Kier molecular flexibility index (Phi) is 11.6. The molecule has 6 nitrogen and oxygen atoms in total. The Morgan fingerprint density at radius 1 is 0.750 bits per heavy atom. The van der Waals surface area contributed by atoms with Gasteiger partial charge >= 0.3 is 0 Å². The fourth-order valence-electron chi connectivity index (χ4n) is 3.14. The third kappa shape index (κ3) is 12.1. The molecule has 0 aliphatic heterocycles. The number of rotatable bonds is 12. The molecular formula is C22H43N3O3. The molecule has 3 atom stereocenters. The van der Waals surface area contributed by atoms with Crippen LogP contribution in [-0.4, -0.2) is 41.8 Å². The molecule has 0 aromatic heterocycles. The van der Waals surface area contributed by atoms with E-state index in [9.17, 15) is 14.4 Å². The minimum Gasteiger partial charge on any atom is -0.345 e. The molecule has 0 aliphatic carbocycles. The SMILES string of the molecule is CC(C)CC(C=O)NC(=O)[C@H](CC(C)C)NC(=O)C(CC(C)C)NC(C)(C)C. The van der Waals surface area contributed by atoms with Crippen LogP contribution in [0.1, 0.15) is 81.6 Å². The van der Waals surface area contributed by atoms with Crippen molar-refractivity contribution in [3.63, 3.8) is 0 Å². The van der Waals surface area contributed by atoms with Gasteiger partial charge in [0.1, 0.15) is 12.3 Å². The summed E-state index contributed by atoms with van der Waals surface area (Å²) in [5.41, 5.74) is -0.216. The highest BCUT2D eigenvalue weighted by Gasteiger charge is 2.30. The summed E-state index contributed by atoms with van der Waals surface area (Å²) in [6.45, 7) is 18.2. The summed E-state index contributed by atoms with van der Waals surface area (Å²) in [5, 5.41) is 9.09. The molecule has 0 bridgehead atoms. The van der Waals surface area contributed by atoms with Crippen LogP contribution in [0.5, 0.6) is 0 Å². The van der Waals surface area contributed by atoms with Gasteiger partial charge in [-0.1, -0.05) is 41.5 Å². The zero-order valence-corrected chi connectivity index (χ0v) is 19.4. The number of carbonyl (C=O) groups is 3. The Hall–Kier alpha value is -1.43. The predicted octanol–water partition coefficient (Wildman–Crippen LogP) is 3.05. The molecule has 0 heterocycles. The molecular weight excluding hydrogens is 354 g/mol. The van der Waals surface area contributed by atoms with Crippen LogP contribution in [0.2, 0.25) is 0 Å². The number of carbonyl (C=O) groups excluding carboxylic acids is 3. The normalized spacial score (nSPS) is 15.4. The maximum atomic E-state index is 13.0. The van der Waals surface area contributed by atoms with Crippen molar-refractivity contribution < 1.29 is 14.4 Å². The van der Waals surface area contributed by atoms with Crippen LogP contribution in [0.4, 0.5) is 0 Å². The van der Waals surface area contributed by atoms with Crippen molar-refractivity contribution in [1.82, 2.24) is 16.0 Å². The minimum absolute atomic E-state index is 0.170. The first-order valence-corrected chi connectivity index (χ1v) is 10.6. The van der Waals surface area contributed by atoms with Gasteiger partial charge in [0.25, 0.3) is 0 Å². The number of hydrogen-bond donors (Lipinski definition) is 3. The lowest BCUT2D eigenvalue weighted by Crippen LogP contribution is -2.57. The van der Waals surface area contributed by atoms with E-state index in [1.807, 2.05) is 48.5 Å². The quantitative estimate of drug-likeness (QED) is 0.442. The van der Waals surface area contributed by atoms with Crippen LogP contribution in [0, 0.1) is 17.8 Å². The standard InChI is InChI=1S/C22H43N3O3/c1-14(2)10-17(13-26)23-20(27)18(11-15(3)4)24-21(28)19(12-16(5)6)25-22(7,8)9/h13-19,25H,10-12H2,1-9H3,(H,23,27)(H,24,28)/t17?,18-,19?/m0/s1. The van der Waals surface area contributed by atoms with Crippen LogP contribution in [0.25, 0.3) is 0 Å². The summed E-state index contributed by atoms with van der Waals surface area (Å²) in [7, 11) is 0. The van der Waals surface area contributed by atoms with Crippen LogP contribution in [-0.2, 0) is 14.4 Å². The fourth-order valence-corrected chi connectivity index (χ4v) is 3.14. The smallest absolute Gasteiger partial charge is 0.243 e. The second-order valence-electron chi connectivity index (χ2n) is 10.1. The molecule has 0 fully saturated rings. The third-order valence-electron chi connectivity index (χ3n) is 4.19. The van der Waals surface area contributed by atoms with Gasteiger partial charge in [-0.25, -0.2) is 0 Å². The highest BCUT2D eigenvalue weighted by molar-refractivity contribution is 5.90. The maximum Gasteiger partial charge on any atom is 0.243 e. The summed E-state index contributed by atoms with van der Waals surface area (Å²) < 4.78 is 0. The van der Waals surface area contributed by atoms with Crippen molar-refractivity contribution in [3.8, 4) is 0 Å². The van der Waals surface area contributed by atoms with E-state index in [1.165, 1.54) is 0 Å². The molecule has 0 rings (SSSR count). The first-order chi connectivity index (χ1) is 12.7. The van der Waals surface area contributed by atoms with E-state index in [-0.39, 0.29) is 29.3 Å². The Morgan fingerprint density at radius 3 is 1.57 bits per heavy atom. The molecule has 2 amide bonds. The molecule has 6 heteroatoms. The van der Waals surface area contributed by atoms with E-state index in [0.29, 0.717) is 31.1 Å². The van der Waals surface area contributed by atoms with E-state index in [4.69, 9.17) is 0 Å². The Morgan fingerprint density at radius 2 is 1.18 bits per heavy atom. The molecule has 164 valence electrons. The average Bonchev–Trinajstić information content (AvgIpc) is 2.49. The summed E-state index contributed by atoms with van der Waals surface area (Å²) >= 11 is 0. The van der Waals surface area contributed by atoms with Gasteiger partial charge < -0.3 is 20.7 Å². The maximum absolute atomic E-state index is 13.0. The molecule has 3 N–H and O–H groups in total. The Bertz CT molecular complexity index is 496. The van der Waals surface area contributed by atoms with Crippen LogP contribution >= 0.6 is 0 Å². The zero-order chi connectivity index (χ0) is 22.1. The van der Waals surface area contributed by atoms with Gasteiger partial charge in [-0.15, -0.1) is 0 Å². The van der Waals surface area contributed by atoms with Gasteiger partial charge in [-0.2, -0.15) is 0 Å². The number of hydrogen-bond acceptors (Lipinski definition) is 4. The van der Waals surface area contributed by atoms with Crippen molar-refractivity contribution in [2.45, 2.75) is 105 Å². The molecule has 0 saturated carbocycles. The minimum atomic E-state index is -0.654. The lowest BCUT2D eigenvalue weighted by Gasteiger charge is -2.31. The van der Waals surface area contributed by atoms with Gasteiger partial charge in [-0.05, 0) is 57.8 Å². The highest BCUT2D eigenvalue weighted by Crippen LogP contribution is 2.12. The lowest BCUT2D eigenvalue weighted by atomic mass is 9.97. The topological polar surface area (TPSA) is 87.3 Å². The van der Waals surface area contributed by atoms with Crippen molar-refractivity contribution in [3.05, 3.63) is 0 Å². The second kappa shape index (κ2) is 12.2. The monoisotopic (exact) mass is 397 g/mol. The Labute approximate surface area is 172 Å². The molecule has 0 aromatic carbocycles. The van der Waals surface area contributed by atoms with E-state index in [1.54, 1.807) is 0 Å². The molecule has 0 saturated heterocycles. The van der Waals surface area contributed by atoms with Crippen molar-refractivity contribution in [2.75, 3.05) is 0 Å². The number of aldehydes is 1. The lowest BCUT2D eigenvalue weighted by molar-refractivity contribution is -0.131. The largest absolute Gasteiger partial charge is 0.345 e. The second-order valence-corrected chi connectivity index (χ2v) is 10.1. The van der Waals surface area contributed by atoms with Crippen molar-refractivity contribution >= 4 is 18.1 Å². The van der Waals surface area contributed by atoms with E-state index < -0.39 is 12.1 Å². The van der Waals surface area contributed by atoms with Crippen molar-refractivity contribution in [2.24, 2.45) is 17.8 Å². The average molecular weight is 398 g/mol. The first-order valence-electron chi connectivity index (χ1n) is 10.6. The van der Waals surface area contributed by atoms with E-state index >= 15 is 0 Å². The molecule has 0 aromatic rings. The van der Waals surface area contributed by atoms with Crippen LogP contribution in [0.3, 0.4) is 0 Å². The van der Waals surface area contributed by atoms with Gasteiger partial charge in [0, 0.05) is 5.54 Å². The molecule has 0 spiro atoms. The first kappa shape index (κ1) is 26.6. The van der Waals surface area contributed by atoms with E-state index in [0.717, 1.165) is 6.29 Å². The highest BCUT2D eigenvalue weighted by atomic mass is 16.2. The summed E-state index contributed by atoms with van der Waals surface area (Å²) in [6, 6.07) is -1.56. The number of nitrogens with one attached hydrogen (secondary N) is 3. The molecule has 28 heavy (non-hydrogen) atoms. The predicted molar refractivity (Wildman–Crippen MR) is 115 cm³/mol. The van der Waals surface area contributed by atoms with Gasteiger partial charge in [0.15, 0.2) is 0 Å². The fraction of sp³-hybridized carbons (Fsp3) is 0.864. The molecule has 0 radical (unpaired) electrons. The third-order valence-corrected chi connectivity index (χ3v) is 4.19.